The number of rotatable bonds is 7. The van der Waals surface area contributed by atoms with E-state index in [1.807, 2.05) is 7.05 Å². The highest BCUT2D eigenvalue weighted by Gasteiger charge is 2.40. The molecule has 0 bridgehead atoms. The summed E-state index contributed by atoms with van der Waals surface area (Å²) >= 11 is 0. The van der Waals surface area contributed by atoms with Crippen LogP contribution in [-0.4, -0.2) is 50.2 Å². The molecular formula is C15H29NO3. The third kappa shape index (κ3) is 3.91. The lowest BCUT2D eigenvalue weighted by molar-refractivity contribution is -0.0440. The molecule has 1 saturated carbocycles. The summed E-state index contributed by atoms with van der Waals surface area (Å²) in [6.45, 7) is 2.65. The standard InChI is InChI=1S/C15H29NO3/c1-16-15(12-17)8-4-5-13(15)7-10-18-11-14-6-2-3-9-19-14/h13-14,16-17H,2-12H2,1H3. The second-order valence-corrected chi connectivity index (χ2v) is 6.01. The van der Waals surface area contributed by atoms with Gasteiger partial charge < -0.3 is 19.9 Å². The first kappa shape index (κ1) is 15.2. The summed E-state index contributed by atoms with van der Waals surface area (Å²) in [5.74, 6) is 0.537. The Kier molecular flexibility index (Phi) is 6.07. The Morgan fingerprint density at radius 3 is 2.89 bits per heavy atom. The Morgan fingerprint density at radius 1 is 1.32 bits per heavy atom. The fourth-order valence-corrected chi connectivity index (χ4v) is 3.56. The van der Waals surface area contributed by atoms with E-state index in [1.54, 1.807) is 0 Å². The van der Waals surface area contributed by atoms with Crippen LogP contribution >= 0.6 is 0 Å². The maximum absolute atomic E-state index is 9.62. The van der Waals surface area contributed by atoms with Crippen molar-refractivity contribution in [3.63, 3.8) is 0 Å². The molecule has 19 heavy (non-hydrogen) atoms. The Bertz CT molecular complexity index is 250. The van der Waals surface area contributed by atoms with Gasteiger partial charge in [0.2, 0.25) is 0 Å². The molecule has 0 spiro atoms. The first-order chi connectivity index (χ1) is 9.30. The van der Waals surface area contributed by atoms with Crippen LogP contribution in [-0.2, 0) is 9.47 Å². The van der Waals surface area contributed by atoms with Crippen molar-refractivity contribution >= 4 is 0 Å². The van der Waals surface area contributed by atoms with Crippen LogP contribution in [0.25, 0.3) is 0 Å². The van der Waals surface area contributed by atoms with Crippen molar-refractivity contribution < 1.29 is 14.6 Å². The molecule has 0 radical (unpaired) electrons. The molecular weight excluding hydrogens is 242 g/mol. The molecule has 3 unspecified atom stereocenters. The second kappa shape index (κ2) is 7.58. The van der Waals surface area contributed by atoms with Gasteiger partial charge in [-0.3, -0.25) is 0 Å². The van der Waals surface area contributed by atoms with E-state index < -0.39 is 0 Å². The molecule has 0 aromatic rings. The van der Waals surface area contributed by atoms with Gasteiger partial charge in [-0.15, -0.1) is 0 Å². The highest BCUT2D eigenvalue weighted by Crippen LogP contribution is 2.37. The van der Waals surface area contributed by atoms with Gasteiger partial charge in [0.15, 0.2) is 0 Å². The summed E-state index contributed by atoms with van der Waals surface area (Å²) in [6.07, 6.45) is 8.43. The summed E-state index contributed by atoms with van der Waals surface area (Å²) in [4.78, 5) is 0. The van der Waals surface area contributed by atoms with Gasteiger partial charge in [-0.2, -0.15) is 0 Å². The van der Waals surface area contributed by atoms with Crippen LogP contribution in [0.5, 0.6) is 0 Å². The van der Waals surface area contributed by atoms with Crippen molar-refractivity contribution in [2.45, 2.75) is 56.6 Å². The summed E-state index contributed by atoms with van der Waals surface area (Å²) < 4.78 is 11.4. The molecule has 4 nitrogen and oxygen atoms in total. The third-order valence-corrected chi connectivity index (χ3v) is 4.93. The highest BCUT2D eigenvalue weighted by molar-refractivity contribution is 4.97. The number of ether oxygens (including phenoxy) is 2. The fraction of sp³-hybridized carbons (Fsp3) is 1.00. The summed E-state index contributed by atoms with van der Waals surface area (Å²) in [6, 6.07) is 0. The van der Waals surface area contributed by atoms with Gasteiger partial charge in [0.1, 0.15) is 0 Å². The van der Waals surface area contributed by atoms with Gasteiger partial charge in [-0.1, -0.05) is 6.42 Å². The minimum absolute atomic E-state index is 0.0648. The molecule has 1 heterocycles. The van der Waals surface area contributed by atoms with E-state index in [9.17, 15) is 5.11 Å². The van der Waals surface area contributed by atoms with E-state index in [0.29, 0.717) is 12.0 Å². The van der Waals surface area contributed by atoms with Crippen LogP contribution in [0.3, 0.4) is 0 Å². The van der Waals surface area contributed by atoms with Crippen LogP contribution in [0.4, 0.5) is 0 Å². The molecule has 2 N–H and O–H groups in total. The van der Waals surface area contributed by atoms with E-state index in [1.165, 1.54) is 25.7 Å². The van der Waals surface area contributed by atoms with Crippen molar-refractivity contribution in [1.82, 2.24) is 5.32 Å². The van der Waals surface area contributed by atoms with E-state index in [-0.39, 0.29) is 12.1 Å². The highest BCUT2D eigenvalue weighted by atomic mass is 16.5. The zero-order valence-corrected chi connectivity index (χ0v) is 12.2. The van der Waals surface area contributed by atoms with Gasteiger partial charge in [0, 0.05) is 18.8 Å². The lowest BCUT2D eigenvalue weighted by Gasteiger charge is -2.33. The molecule has 1 aliphatic carbocycles. The van der Waals surface area contributed by atoms with Crippen LogP contribution < -0.4 is 5.32 Å². The molecule has 1 saturated heterocycles. The first-order valence-electron chi connectivity index (χ1n) is 7.80. The lowest BCUT2D eigenvalue weighted by Crippen LogP contribution is -2.49. The van der Waals surface area contributed by atoms with Gasteiger partial charge in [0.05, 0.1) is 19.3 Å². The van der Waals surface area contributed by atoms with Crippen molar-refractivity contribution in [2.75, 3.05) is 33.5 Å². The second-order valence-electron chi connectivity index (χ2n) is 6.01. The Morgan fingerprint density at radius 2 is 2.21 bits per heavy atom. The smallest absolute Gasteiger partial charge is 0.0808 e. The minimum Gasteiger partial charge on any atom is -0.394 e. The summed E-state index contributed by atoms with van der Waals surface area (Å²) in [7, 11) is 1.96. The van der Waals surface area contributed by atoms with Crippen LogP contribution in [0.1, 0.15) is 44.9 Å². The molecule has 4 heteroatoms. The number of nitrogens with one attached hydrogen (secondary N) is 1. The zero-order valence-electron chi connectivity index (χ0n) is 12.2. The molecule has 2 aliphatic rings. The quantitative estimate of drug-likeness (QED) is 0.692. The molecule has 3 atom stereocenters. The van der Waals surface area contributed by atoms with Crippen LogP contribution in [0, 0.1) is 5.92 Å². The predicted octanol–water partition coefficient (Wildman–Crippen LogP) is 1.71. The maximum Gasteiger partial charge on any atom is 0.0808 e. The Hall–Kier alpha value is -0.160. The van der Waals surface area contributed by atoms with E-state index in [4.69, 9.17) is 9.47 Å². The van der Waals surface area contributed by atoms with E-state index in [0.717, 1.165) is 39.1 Å². The largest absolute Gasteiger partial charge is 0.394 e. The number of aliphatic hydroxyl groups is 1. The van der Waals surface area contributed by atoms with E-state index >= 15 is 0 Å². The number of hydrogen-bond acceptors (Lipinski definition) is 4. The molecule has 0 amide bonds. The normalized spacial score (nSPS) is 35.7. The SMILES string of the molecule is CNC1(CO)CCCC1CCOCC1CCCCO1. The average Bonchev–Trinajstić information content (AvgIpc) is 2.88. The molecule has 0 aromatic carbocycles. The topological polar surface area (TPSA) is 50.7 Å². The predicted molar refractivity (Wildman–Crippen MR) is 75.2 cm³/mol. The van der Waals surface area contributed by atoms with Crippen LogP contribution in [0.15, 0.2) is 0 Å². The zero-order chi connectivity index (χ0) is 13.6. The fourth-order valence-electron chi connectivity index (χ4n) is 3.56. The third-order valence-electron chi connectivity index (χ3n) is 4.93. The van der Waals surface area contributed by atoms with Gasteiger partial charge in [-0.25, -0.2) is 0 Å². The van der Waals surface area contributed by atoms with Crippen molar-refractivity contribution in [2.24, 2.45) is 5.92 Å². The van der Waals surface area contributed by atoms with E-state index in [2.05, 4.69) is 5.32 Å². The van der Waals surface area contributed by atoms with Gasteiger partial charge in [0.25, 0.3) is 0 Å². The van der Waals surface area contributed by atoms with Crippen molar-refractivity contribution in [1.29, 1.82) is 0 Å². The number of aliphatic hydroxyl groups excluding tert-OH is 1. The number of likely N-dealkylation sites (N-methyl/N-ethyl adjacent to an activating group) is 1. The van der Waals surface area contributed by atoms with Gasteiger partial charge >= 0.3 is 0 Å². The van der Waals surface area contributed by atoms with Crippen LogP contribution in [0.2, 0.25) is 0 Å². The summed E-state index contributed by atoms with van der Waals surface area (Å²) in [5.41, 5.74) is -0.0648. The minimum atomic E-state index is -0.0648. The Labute approximate surface area is 116 Å². The molecule has 2 fully saturated rings. The summed E-state index contributed by atoms with van der Waals surface area (Å²) in [5, 5.41) is 13.0. The number of hydrogen-bond donors (Lipinski definition) is 2. The molecule has 112 valence electrons. The lowest BCUT2D eigenvalue weighted by atomic mass is 9.86. The van der Waals surface area contributed by atoms with Crippen molar-refractivity contribution in [3.8, 4) is 0 Å². The maximum atomic E-state index is 9.62. The molecule has 2 rings (SSSR count). The molecule has 1 aliphatic heterocycles. The monoisotopic (exact) mass is 271 g/mol. The Balaban J connectivity index is 1.64. The van der Waals surface area contributed by atoms with Crippen molar-refractivity contribution in [3.05, 3.63) is 0 Å². The first-order valence-corrected chi connectivity index (χ1v) is 7.80. The van der Waals surface area contributed by atoms with Gasteiger partial charge in [-0.05, 0) is 51.5 Å². The average molecular weight is 271 g/mol. The molecule has 0 aromatic heterocycles.